The third-order valence-electron chi connectivity index (χ3n) is 4.03. The predicted octanol–water partition coefficient (Wildman–Crippen LogP) is 4.59. The molecule has 1 nitrogen and oxygen atoms in total. The molecule has 0 heterocycles. The molecule has 1 aromatic carbocycles. The fourth-order valence-corrected chi connectivity index (χ4v) is 3.75. The van der Waals surface area contributed by atoms with E-state index in [0.717, 1.165) is 27.6 Å². The normalized spacial score (nSPS) is 32.0. The summed E-state index contributed by atoms with van der Waals surface area (Å²) in [6.07, 6.45) is 5.45. The molecule has 0 aromatic heterocycles. The van der Waals surface area contributed by atoms with E-state index < -0.39 is 0 Å². The van der Waals surface area contributed by atoms with E-state index in [1.54, 1.807) is 0 Å². The number of rotatable bonds is 2. The maximum Gasteiger partial charge on any atom is 0.0721 e. The Labute approximate surface area is 106 Å². The first-order valence-corrected chi connectivity index (χ1v) is 6.70. The lowest BCUT2D eigenvalue weighted by atomic mass is 9.95. The number of hydrogen-bond acceptors (Lipinski definition) is 1. The third-order valence-corrected chi connectivity index (χ3v) is 4.66. The van der Waals surface area contributed by atoms with Crippen molar-refractivity contribution in [2.45, 2.75) is 31.7 Å². The average molecular weight is 256 g/mol. The van der Waals surface area contributed by atoms with Gasteiger partial charge in [-0.15, -0.1) is 0 Å². The zero-order chi connectivity index (χ0) is 11.1. The van der Waals surface area contributed by atoms with E-state index in [1.165, 1.54) is 25.7 Å². The van der Waals surface area contributed by atoms with Crippen LogP contribution in [0.1, 0.15) is 25.7 Å². The molecule has 3 unspecified atom stereocenters. The summed E-state index contributed by atoms with van der Waals surface area (Å²) in [5.74, 6) is 1.76. The van der Waals surface area contributed by atoms with Crippen molar-refractivity contribution in [1.29, 1.82) is 0 Å². The Balaban J connectivity index is 1.79. The van der Waals surface area contributed by atoms with Gasteiger partial charge >= 0.3 is 0 Å². The SMILES string of the molecule is Clc1cccc(Cl)c1NC1CC2CCC1C2. The summed E-state index contributed by atoms with van der Waals surface area (Å²) in [4.78, 5) is 0. The first-order valence-electron chi connectivity index (χ1n) is 5.94. The van der Waals surface area contributed by atoms with Crippen molar-refractivity contribution in [3.63, 3.8) is 0 Å². The van der Waals surface area contributed by atoms with Crippen molar-refractivity contribution in [3.05, 3.63) is 28.2 Å². The summed E-state index contributed by atoms with van der Waals surface area (Å²) in [7, 11) is 0. The minimum atomic E-state index is 0.580. The molecule has 2 fully saturated rings. The lowest BCUT2D eigenvalue weighted by Gasteiger charge is -2.25. The van der Waals surface area contributed by atoms with Gasteiger partial charge in [-0.3, -0.25) is 0 Å². The lowest BCUT2D eigenvalue weighted by Crippen LogP contribution is -2.26. The van der Waals surface area contributed by atoms with Crippen molar-refractivity contribution in [2.75, 3.05) is 5.32 Å². The van der Waals surface area contributed by atoms with Gasteiger partial charge in [-0.05, 0) is 43.2 Å². The molecule has 1 aromatic rings. The van der Waals surface area contributed by atoms with Crippen LogP contribution < -0.4 is 5.32 Å². The minimum Gasteiger partial charge on any atom is -0.380 e. The maximum atomic E-state index is 6.16. The van der Waals surface area contributed by atoms with Crippen molar-refractivity contribution >= 4 is 28.9 Å². The van der Waals surface area contributed by atoms with E-state index in [4.69, 9.17) is 23.2 Å². The maximum absolute atomic E-state index is 6.16. The fourth-order valence-electron chi connectivity index (χ4n) is 3.24. The highest BCUT2D eigenvalue weighted by Crippen LogP contribution is 2.46. The molecule has 2 bridgehead atoms. The number of halogens is 2. The molecule has 2 aliphatic carbocycles. The first-order chi connectivity index (χ1) is 7.74. The van der Waals surface area contributed by atoms with Crippen LogP contribution in [0.15, 0.2) is 18.2 Å². The Morgan fingerprint density at radius 3 is 2.38 bits per heavy atom. The van der Waals surface area contributed by atoms with Crippen LogP contribution >= 0.6 is 23.2 Å². The molecule has 86 valence electrons. The molecule has 3 atom stereocenters. The van der Waals surface area contributed by atoms with E-state index >= 15 is 0 Å². The van der Waals surface area contributed by atoms with Crippen molar-refractivity contribution < 1.29 is 0 Å². The largest absolute Gasteiger partial charge is 0.380 e. The standard InChI is InChI=1S/C13H15Cl2N/c14-10-2-1-3-11(15)13(10)16-12-7-8-4-5-9(12)6-8/h1-3,8-9,12,16H,4-7H2. The Bertz CT molecular complexity index is 385. The second-order valence-electron chi connectivity index (χ2n) is 5.02. The fraction of sp³-hybridized carbons (Fsp3) is 0.538. The summed E-state index contributed by atoms with van der Waals surface area (Å²) < 4.78 is 0. The summed E-state index contributed by atoms with van der Waals surface area (Å²) in [5, 5.41) is 5.01. The number of anilines is 1. The molecule has 0 saturated heterocycles. The summed E-state index contributed by atoms with van der Waals surface area (Å²) in [6, 6.07) is 6.25. The highest BCUT2D eigenvalue weighted by molar-refractivity contribution is 6.39. The molecule has 3 rings (SSSR count). The van der Waals surface area contributed by atoms with Crippen LogP contribution in [0, 0.1) is 11.8 Å². The van der Waals surface area contributed by atoms with Crippen LogP contribution in [0.2, 0.25) is 10.0 Å². The highest BCUT2D eigenvalue weighted by atomic mass is 35.5. The van der Waals surface area contributed by atoms with Crippen LogP contribution in [0.25, 0.3) is 0 Å². The second kappa shape index (κ2) is 4.12. The van der Waals surface area contributed by atoms with Crippen molar-refractivity contribution in [2.24, 2.45) is 11.8 Å². The minimum absolute atomic E-state index is 0.580. The molecular weight excluding hydrogens is 241 g/mol. The molecule has 0 amide bonds. The van der Waals surface area contributed by atoms with Gasteiger partial charge in [0.15, 0.2) is 0 Å². The number of fused-ring (bicyclic) bond motifs is 2. The van der Waals surface area contributed by atoms with Gasteiger partial charge in [0.05, 0.1) is 15.7 Å². The monoisotopic (exact) mass is 255 g/mol. The second-order valence-corrected chi connectivity index (χ2v) is 5.84. The molecule has 2 saturated carbocycles. The average Bonchev–Trinajstić information content (AvgIpc) is 2.85. The Hall–Kier alpha value is -0.400. The molecular formula is C13H15Cl2N. The van der Waals surface area contributed by atoms with Crippen LogP contribution in [-0.2, 0) is 0 Å². The smallest absolute Gasteiger partial charge is 0.0721 e. The van der Waals surface area contributed by atoms with Crippen LogP contribution in [0.3, 0.4) is 0 Å². The molecule has 16 heavy (non-hydrogen) atoms. The van der Waals surface area contributed by atoms with Gasteiger partial charge in [-0.2, -0.15) is 0 Å². The van der Waals surface area contributed by atoms with Crippen molar-refractivity contribution in [3.8, 4) is 0 Å². The quantitative estimate of drug-likeness (QED) is 0.815. The van der Waals surface area contributed by atoms with Crippen LogP contribution in [0.4, 0.5) is 5.69 Å². The zero-order valence-electron chi connectivity index (χ0n) is 9.05. The molecule has 0 radical (unpaired) electrons. The van der Waals surface area contributed by atoms with E-state index in [0.29, 0.717) is 6.04 Å². The first kappa shape index (κ1) is 10.7. The van der Waals surface area contributed by atoms with E-state index in [9.17, 15) is 0 Å². The van der Waals surface area contributed by atoms with E-state index in [1.807, 2.05) is 18.2 Å². The van der Waals surface area contributed by atoms with Gasteiger partial charge in [0.1, 0.15) is 0 Å². The predicted molar refractivity (Wildman–Crippen MR) is 69.3 cm³/mol. The lowest BCUT2D eigenvalue weighted by molar-refractivity contribution is 0.440. The topological polar surface area (TPSA) is 12.0 Å². The third kappa shape index (κ3) is 1.80. The Morgan fingerprint density at radius 1 is 1.06 bits per heavy atom. The molecule has 0 aliphatic heterocycles. The number of benzene rings is 1. The Morgan fingerprint density at radius 2 is 1.81 bits per heavy atom. The van der Waals surface area contributed by atoms with Gasteiger partial charge in [-0.1, -0.05) is 35.7 Å². The Kier molecular flexibility index (Phi) is 2.76. The molecule has 0 spiro atoms. The van der Waals surface area contributed by atoms with Gasteiger partial charge in [-0.25, -0.2) is 0 Å². The molecule has 2 aliphatic rings. The van der Waals surface area contributed by atoms with Gasteiger partial charge < -0.3 is 5.32 Å². The summed E-state index contributed by atoms with van der Waals surface area (Å²) >= 11 is 12.3. The number of hydrogen-bond donors (Lipinski definition) is 1. The summed E-state index contributed by atoms with van der Waals surface area (Å²) in [6.45, 7) is 0. The van der Waals surface area contributed by atoms with Crippen LogP contribution in [0.5, 0.6) is 0 Å². The molecule has 1 N–H and O–H groups in total. The highest BCUT2D eigenvalue weighted by Gasteiger charge is 2.39. The van der Waals surface area contributed by atoms with Crippen LogP contribution in [-0.4, -0.2) is 6.04 Å². The number of nitrogens with one attached hydrogen (secondary N) is 1. The number of para-hydroxylation sites is 1. The molecule has 3 heteroatoms. The van der Waals surface area contributed by atoms with Crippen molar-refractivity contribution in [1.82, 2.24) is 0 Å². The van der Waals surface area contributed by atoms with Gasteiger partial charge in [0.2, 0.25) is 0 Å². The van der Waals surface area contributed by atoms with E-state index in [-0.39, 0.29) is 0 Å². The zero-order valence-corrected chi connectivity index (χ0v) is 10.6. The van der Waals surface area contributed by atoms with Gasteiger partial charge in [0.25, 0.3) is 0 Å². The summed E-state index contributed by atoms with van der Waals surface area (Å²) in [5.41, 5.74) is 0.920. The van der Waals surface area contributed by atoms with E-state index in [2.05, 4.69) is 5.32 Å². The van der Waals surface area contributed by atoms with Gasteiger partial charge in [0, 0.05) is 6.04 Å².